The van der Waals surface area contributed by atoms with Gasteiger partial charge in [0.2, 0.25) is 0 Å². The number of carbonyl (C=O) groups excluding carboxylic acids is 1. The first-order valence-corrected chi connectivity index (χ1v) is 6.54. The smallest absolute Gasteiger partial charge is 0.336 e. The second kappa shape index (κ2) is 5.83. The molecule has 2 rings (SSSR count). The number of halogens is 1. The molecule has 0 bridgehead atoms. The van der Waals surface area contributed by atoms with Crippen molar-refractivity contribution in [3.05, 3.63) is 57.8 Å². The van der Waals surface area contributed by atoms with E-state index in [1.54, 1.807) is 31.2 Å². The van der Waals surface area contributed by atoms with Crippen LogP contribution < -0.4 is 5.32 Å². The average Bonchev–Trinajstić information content (AvgIpc) is 2.41. The first-order chi connectivity index (χ1) is 9.49. The number of aromatic carboxylic acids is 1. The minimum Gasteiger partial charge on any atom is -0.478 e. The number of aromatic nitrogens is 1. The molecule has 20 heavy (non-hydrogen) atoms. The molecule has 0 unspecified atom stereocenters. The molecule has 0 aliphatic rings. The van der Waals surface area contributed by atoms with Crippen LogP contribution in [0.1, 0.15) is 26.3 Å². The number of pyridine rings is 1. The normalized spacial score (nSPS) is 10.1. The third-order valence-electron chi connectivity index (χ3n) is 2.80. The van der Waals surface area contributed by atoms with Crippen molar-refractivity contribution in [2.45, 2.75) is 6.92 Å². The fourth-order valence-electron chi connectivity index (χ4n) is 1.71. The van der Waals surface area contributed by atoms with Gasteiger partial charge in [0.05, 0.1) is 11.1 Å². The summed E-state index contributed by atoms with van der Waals surface area (Å²) in [6.07, 6.45) is 1.44. The molecular weight excluding hydrogens is 324 g/mol. The number of anilines is 1. The maximum absolute atomic E-state index is 12.0. The van der Waals surface area contributed by atoms with Crippen molar-refractivity contribution in [2.75, 3.05) is 5.32 Å². The minimum atomic E-state index is -1.02. The van der Waals surface area contributed by atoms with E-state index < -0.39 is 5.97 Å². The van der Waals surface area contributed by atoms with Gasteiger partial charge in [0.1, 0.15) is 4.60 Å². The zero-order chi connectivity index (χ0) is 14.7. The fraction of sp³-hybridized carbons (Fsp3) is 0.0714. The Morgan fingerprint density at radius 1 is 1.25 bits per heavy atom. The Morgan fingerprint density at radius 2 is 2.00 bits per heavy atom. The van der Waals surface area contributed by atoms with Gasteiger partial charge in [-0.2, -0.15) is 0 Å². The number of hydrogen-bond donors (Lipinski definition) is 2. The maximum Gasteiger partial charge on any atom is 0.336 e. The zero-order valence-electron chi connectivity index (χ0n) is 10.6. The van der Waals surface area contributed by atoms with E-state index in [4.69, 9.17) is 5.11 Å². The largest absolute Gasteiger partial charge is 0.478 e. The quantitative estimate of drug-likeness (QED) is 0.845. The first kappa shape index (κ1) is 14.2. The Kier molecular flexibility index (Phi) is 4.14. The molecule has 0 spiro atoms. The molecule has 1 aromatic carbocycles. The van der Waals surface area contributed by atoms with E-state index in [0.717, 1.165) is 0 Å². The summed E-state index contributed by atoms with van der Waals surface area (Å²) in [6.45, 7) is 1.65. The fourth-order valence-corrected chi connectivity index (χ4v) is 1.94. The summed E-state index contributed by atoms with van der Waals surface area (Å²) in [6, 6.07) is 8.03. The van der Waals surface area contributed by atoms with Gasteiger partial charge in [-0.15, -0.1) is 0 Å². The number of rotatable bonds is 3. The van der Waals surface area contributed by atoms with E-state index in [1.807, 2.05) is 0 Å². The summed E-state index contributed by atoms with van der Waals surface area (Å²) in [5.41, 5.74) is 1.54. The van der Waals surface area contributed by atoms with Crippen molar-refractivity contribution >= 4 is 33.5 Å². The highest BCUT2D eigenvalue weighted by atomic mass is 79.9. The first-order valence-electron chi connectivity index (χ1n) is 5.75. The van der Waals surface area contributed by atoms with Crippen LogP contribution in [0.4, 0.5) is 5.69 Å². The van der Waals surface area contributed by atoms with Gasteiger partial charge in [0, 0.05) is 11.9 Å². The van der Waals surface area contributed by atoms with Crippen LogP contribution in [0.2, 0.25) is 0 Å². The lowest BCUT2D eigenvalue weighted by molar-refractivity contribution is 0.0695. The molecule has 2 aromatic rings. The second-order valence-electron chi connectivity index (χ2n) is 4.11. The van der Waals surface area contributed by atoms with Crippen LogP contribution in [0.3, 0.4) is 0 Å². The predicted molar refractivity (Wildman–Crippen MR) is 78.0 cm³/mol. The van der Waals surface area contributed by atoms with Gasteiger partial charge < -0.3 is 10.4 Å². The third-order valence-corrected chi connectivity index (χ3v) is 3.27. The number of hydrogen-bond acceptors (Lipinski definition) is 3. The lowest BCUT2D eigenvalue weighted by Crippen LogP contribution is -2.14. The van der Waals surface area contributed by atoms with Crippen LogP contribution >= 0.6 is 15.9 Å². The van der Waals surface area contributed by atoms with Gasteiger partial charge in [-0.05, 0) is 52.7 Å². The van der Waals surface area contributed by atoms with Crippen molar-refractivity contribution in [1.82, 2.24) is 4.98 Å². The molecule has 1 amide bonds. The standard InChI is InChI=1S/C14H11BrN2O3/c1-8-10(14(19)20)3-2-4-11(8)17-13(18)9-5-6-12(15)16-7-9/h2-7H,1H3,(H,17,18)(H,19,20). The lowest BCUT2D eigenvalue weighted by atomic mass is 10.1. The number of carbonyl (C=O) groups is 2. The lowest BCUT2D eigenvalue weighted by Gasteiger charge is -2.10. The molecule has 6 heteroatoms. The molecule has 0 fully saturated rings. The molecule has 5 nitrogen and oxygen atoms in total. The average molecular weight is 335 g/mol. The summed E-state index contributed by atoms with van der Waals surface area (Å²) in [7, 11) is 0. The summed E-state index contributed by atoms with van der Waals surface area (Å²) in [5.74, 6) is -1.36. The number of benzene rings is 1. The van der Waals surface area contributed by atoms with Gasteiger partial charge >= 0.3 is 5.97 Å². The number of amides is 1. The SMILES string of the molecule is Cc1c(NC(=O)c2ccc(Br)nc2)cccc1C(=O)O. The Morgan fingerprint density at radius 3 is 2.60 bits per heavy atom. The van der Waals surface area contributed by atoms with Crippen molar-refractivity contribution in [3.8, 4) is 0 Å². The minimum absolute atomic E-state index is 0.164. The van der Waals surface area contributed by atoms with Gasteiger partial charge in [-0.3, -0.25) is 4.79 Å². The Bertz CT molecular complexity index is 669. The van der Waals surface area contributed by atoms with E-state index in [0.29, 0.717) is 21.4 Å². The molecular formula is C14H11BrN2O3. The second-order valence-corrected chi connectivity index (χ2v) is 4.92. The molecule has 102 valence electrons. The molecule has 1 aromatic heterocycles. The van der Waals surface area contributed by atoms with Gasteiger partial charge in [0.25, 0.3) is 5.91 Å². The molecule has 0 atom stereocenters. The molecule has 1 heterocycles. The number of nitrogens with one attached hydrogen (secondary N) is 1. The molecule has 0 saturated carbocycles. The maximum atomic E-state index is 12.0. The molecule has 0 aliphatic heterocycles. The van der Waals surface area contributed by atoms with Crippen LogP contribution in [0.15, 0.2) is 41.1 Å². The molecule has 2 N–H and O–H groups in total. The van der Waals surface area contributed by atoms with Crippen LogP contribution in [0.5, 0.6) is 0 Å². The van der Waals surface area contributed by atoms with Crippen molar-refractivity contribution < 1.29 is 14.7 Å². The van der Waals surface area contributed by atoms with Gasteiger partial charge in [0.15, 0.2) is 0 Å². The Hall–Kier alpha value is -2.21. The summed E-state index contributed by atoms with van der Waals surface area (Å²) >= 11 is 3.19. The van der Waals surface area contributed by atoms with Crippen molar-refractivity contribution in [1.29, 1.82) is 0 Å². The summed E-state index contributed by atoms with van der Waals surface area (Å²) in [5, 5.41) is 11.7. The van der Waals surface area contributed by atoms with Crippen LogP contribution in [-0.2, 0) is 0 Å². The number of carboxylic acid groups (broad SMARTS) is 1. The Balaban J connectivity index is 2.26. The topological polar surface area (TPSA) is 79.3 Å². The molecule has 0 radical (unpaired) electrons. The van der Waals surface area contributed by atoms with E-state index >= 15 is 0 Å². The number of carboxylic acids is 1. The van der Waals surface area contributed by atoms with E-state index in [-0.39, 0.29) is 11.5 Å². The van der Waals surface area contributed by atoms with Crippen LogP contribution in [-0.4, -0.2) is 22.0 Å². The highest BCUT2D eigenvalue weighted by Gasteiger charge is 2.13. The predicted octanol–water partition coefficient (Wildman–Crippen LogP) is 3.10. The van der Waals surface area contributed by atoms with Crippen molar-refractivity contribution in [3.63, 3.8) is 0 Å². The zero-order valence-corrected chi connectivity index (χ0v) is 12.1. The summed E-state index contributed by atoms with van der Waals surface area (Å²) in [4.78, 5) is 27.1. The van der Waals surface area contributed by atoms with Crippen LogP contribution in [0.25, 0.3) is 0 Å². The van der Waals surface area contributed by atoms with Crippen LogP contribution in [0, 0.1) is 6.92 Å². The highest BCUT2D eigenvalue weighted by molar-refractivity contribution is 9.10. The third kappa shape index (κ3) is 3.03. The molecule has 0 saturated heterocycles. The Labute approximate surface area is 123 Å². The number of nitrogens with zero attached hydrogens (tertiary/aromatic N) is 1. The van der Waals surface area contributed by atoms with Gasteiger partial charge in [-0.1, -0.05) is 6.07 Å². The molecule has 0 aliphatic carbocycles. The van der Waals surface area contributed by atoms with Crippen molar-refractivity contribution in [2.24, 2.45) is 0 Å². The van der Waals surface area contributed by atoms with E-state index in [2.05, 4.69) is 26.2 Å². The highest BCUT2D eigenvalue weighted by Crippen LogP contribution is 2.20. The van der Waals surface area contributed by atoms with E-state index in [9.17, 15) is 9.59 Å². The summed E-state index contributed by atoms with van der Waals surface area (Å²) < 4.78 is 0.637. The van der Waals surface area contributed by atoms with Gasteiger partial charge in [-0.25, -0.2) is 9.78 Å². The van der Waals surface area contributed by atoms with E-state index in [1.165, 1.54) is 12.3 Å². The monoisotopic (exact) mass is 334 g/mol.